The largest absolute Gasteiger partial charge is 0.361 e. The lowest BCUT2D eigenvalue weighted by Crippen LogP contribution is -2.30. The van der Waals surface area contributed by atoms with Gasteiger partial charge in [-0.25, -0.2) is 4.98 Å². The number of rotatable bonds is 9. The van der Waals surface area contributed by atoms with Crippen molar-refractivity contribution in [2.75, 3.05) is 16.4 Å². The van der Waals surface area contributed by atoms with E-state index in [9.17, 15) is 14.4 Å². The number of nitrogens with zero attached hydrogens (tertiary/aromatic N) is 1. The van der Waals surface area contributed by atoms with E-state index in [-0.39, 0.29) is 17.4 Å². The number of fused-ring (bicyclic) bond motifs is 1. The second kappa shape index (κ2) is 12.5. The van der Waals surface area contributed by atoms with Crippen molar-refractivity contribution in [3.63, 3.8) is 0 Å². The van der Waals surface area contributed by atoms with Gasteiger partial charge in [0.15, 0.2) is 5.13 Å². The molecule has 8 nitrogen and oxygen atoms in total. The minimum absolute atomic E-state index is 0.0924. The number of aromatic amines is 1. The SMILES string of the molecule is Cc1csc(NC(=O)CSc2cccc(NC(=O)/C(=C/c3c[nH]c4ccccc34)NC(=O)c3ccccc3)c2)n1. The fraction of sp³-hybridized carbons (Fsp3) is 0.0667. The summed E-state index contributed by atoms with van der Waals surface area (Å²) in [6, 6.07) is 23.6. The number of carbonyl (C=O) groups excluding carboxylic acids is 3. The molecule has 4 N–H and O–H groups in total. The molecule has 3 amide bonds. The van der Waals surface area contributed by atoms with Gasteiger partial charge >= 0.3 is 0 Å². The number of carbonyl (C=O) groups is 3. The van der Waals surface area contributed by atoms with Crippen LogP contribution in [0.2, 0.25) is 0 Å². The Balaban J connectivity index is 1.32. The van der Waals surface area contributed by atoms with Gasteiger partial charge in [0.25, 0.3) is 11.8 Å². The summed E-state index contributed by atoms with van der Waals surface area (Å²) in [4.78, 5) is 47.0. The van der Waals surface area contributed by atoms with E-state index >= 15 is 0 Å². The van der Waals surface area contributed by atoms with Crippen molar-refractivity contribution in [1.82, 2.24) is 15.3 Å². The van der Waals surface area contributed by atoms with Crippen LogP contribution >= 0.6 is 23.1 Å². The monoisotopic (exact) mass is 567 g/mol. The van der Waals surface area contributed by atoms with Crippen molar-refractivity contribution in [3.8, 4) is 0 Å². The van der Waals surface area contributed by atoms with Crippen molar-refractivity contribution in [2.45, 2.75) is 11.8 Å². The van der Waals surface area contributed by atoms with Gasteiger partial charge in [0.2, 0.25) is 5.91 Å². The van der Waals surface area contributed by atoms with Gasteiger partial charge in [-0.3, -0.25) is 14.4 Å². The number of aromatic nitrogens is 2. The van der Waals surface area contributed by atoms with E-state index in [2.05, 4.69) is 25.9 Å². The fourth-order valence-corrected chi connectivity index (χ4v) is 5.35. The van der Waals surface area contributed by atoms with Crippen molar-refractivity contribution in [2.24, 2.45) is 0 Å². The summed E-state index contributed by atoms with van der Waals surface area (Å²) in [6.45, 7) is 1.87. The number of para-hydroxylation sites is 1. The van der Waals surface area contributed by atoms with E-state index in [4.69, 9.17) is 0 Å². The van der Waals surface area contributed by atoms with Crippen molar-refractivity contribution in [1.29, 1.82) is 0 Å². The van der Waals surface area contributed by atoms with E-state index in [1.807, 2.05) is 48.7 Å². The molecule has 0 aliphatic heterocycles. The molecule has 0 atom stereocenters. The molecular formula is C30H25N5O3S2. The molecule has 0 spiro atoms. The van der Waals surface area contributed by atoms with Crippen LogP contribution in [-0.4, -0.2) is 33.4 Å². The maximum atomic E-state index is 13.4. The topological polar surface area (TPSA) is 116 Å². The van der Waals surface area contributed by atoms with Crippen LogP contribution in [0.5, 0.6) is 0 Å². The van der Waals surface area contributed by atoms with E-state index in [0.29, 0.717) is 16.4 Å². The maximum absolute atomic E-state index is 13.4. The lowest BCUT2D eigenvalue weighted by Gasteiger charge is -2.12. The molecule has 5 rings (SSSR count). The number of thioether (sulfide) groups is 1. The number of anilines is 2. The highest BCUT2D eigenvalue weighted by Gasteiger charge is 2.16. The Bertz CT molecular complexity index is 1710. The molecule has 0 saturated carbocycles. The highest BCUT2D eigenvalue weighted by molar-refractivity contribution is 8.00. The Morgan fingerprint density at radius 2 is 1.77 bits per heavy atom. The molecule has 0 fully saturated rings. The number of benzene rings is 3. The molecule has 0 saturated heterocycles. The molecule has 40 heavy (non-hydrogen) atoms. The molecule has 2 heterocycles. The molecule has 10 heteroatoms. The zero-order valence-corrected chi connectivity index (χ0v) is 23.1. The van der Waals surface area contributed by atoms with Crippen LogP contribution in [0.25, 0.3) is 17.0 Å². The zero-order chi connectivity index (χ0) is 27.9. The first-order chi connectivity index (χ1) is 19.4. The third-order valence-corrected chi connectivity index (χ3v) is 7.65. The minimum Gasteiger partial charge on any atom is -0.361 e. The Morgan fingerprint density at radius 1 is 0.975 bits per heavy atom. The average molecular weight is 568 g/mol. The summed E-state index contributed by atoms with van der Waals surface area (Å²) in [5.74, 6) is -0.850. The Kier molecular flexibility index (Phi) is 8.38. The van der Waals surface area contributed by atoms with Crippen LogP contribution in [0.1, 0.15) is 21.6 Å². The van der Waals surface area contributed by atoms with Crippen LogP contribution in [-0.2, 0) is 9.59 Å². The van der Waals surface area contributed by atoms with Crippen LogP contribution < -0.4 is 16.0 Å². The number of H-pyrrole nitrogens is 1. The highest BCUT2D eigenvalue weighted by atomic mass is 32.2. The number of thiazole rings is 1. The molecule has 0 unspecified atom stereocenters. The van der Waals surface area contributed by atoms with Crippen molar-refractivity contribution < 1.29 is 14.4 Å². The highest BCUT2D eigenvalue weighted by Crippen LogP contribution is 2.24. The summed E-state index contributed by atoms with van der Waals surface area (Å²) in [5, 5.41) is 11.8. The van der Waals surface area contributed by atoms with Gasteiger partial charge in [-0.1, -0.05) is 42.5 Å². The third-order valence-electron chi connectivity index (χ3n) is 5.78. The molecular weight excluding hydrogens is 542 g/mol. The first-order valence-electron chi connectivity index (χ1n) is 12.3. The number of nitrogens with one attached hydrogen (secondary N) is 4. The predicted molar refractivity (Wildman–Crippen MR) is 161 cm³/mol. The number of hydrogen-bond acceptors (Lipinski definition) is 6. The lowest BCUT2D eigenvalue weighted by molar-refractivity contribution is -0.114. The van der Waals surface area contributed by atoms with Gasteiger partial charge < -0.3 is 20.9 Å². The Morgan fingerprint density at radius 3 is 2.58 bits per heavy atom. The second-order valence-electron chi connectivity index (χ2n) is 8.78. The molecule has 2 aromatic heterocycles. The smallest absolute Gasteiger partial charge is 0.272 e. The van der Waals surface area contributed by atoms with E-state index in [1.54, 1.807) is 54.7 Å². The third kappa shape index (κ3) is 6.85. The van der Waals surface area contributed by atoms with Gasteiger partial charge in [-0.15, -0.1) is 23.1 Å². The zero-order valence-electron chi connectivity index (χ0n) is 21.4. The second-order valence-corrected chi connectivity index (χ2v) is 10.7. The standard InChI is InChI=1S/C30H25N5O3S2/c1-19-17-40-30(32-19)35-27(36)18-39-23-11-7-10-22(15-23)33-29(38)26(34-28(37)20-8-3-2-4-9-20)14-21-16-31-25-13-6-5-12-24(21)25/h2-17,31H,18H2,1H3,(H,33,38)(H,34,37)(H,32,35,36)/b26-14-. The molecule has 0 aliphatic carbocycles. The van der Waals surface area contributed by atoms with Crippen LogP contribution in [0.15, 0.2) is 101 Å². The summed E-state index contributed by atoms with van der Waals surface area (Å²) in [5.41, 5.74) is 3.60. The van der Waals surface area contributed by atoms with Gasteiger partial charge in [-0.05, 0) is 49.4 Å². The normalized spacial score (nSPS) is 11.3. The summed E-state index contributed by atoms with van der Waals surface area (Å²) in [6.07, 6.45) is 3.44. The van der Waals surface area contributed by atoms with Gasteiger partial charge in [0.1, 0.15) is 5.70 Å². The first-order valence-corrected chi connectivity index (χ1v) is 14.2. The molecule has 0 aliphatic rings. The van der Waals surface area contributed by atoms with Crippen LogP contribution in [0.3, 0.4) is 0 Å². The Labute approximate surface area is 238 Å². The quantitative estimate of drug-likeness (QED) is 0.127. The lowest BCUT2D eigenvalue weighted by atomic mass is 10.1. The van der Waals surface area contributed by atoms with Gasteiger partial charge in [0.05, 0.1) is 11.4 Å². The van der Waals surface area contributed by atoms with Crippen molar-refractivity contribution >= 4 is 68.6 Å². The molecule has 5 aromatic rings. The number of hydrogen-bond donors (Lipinski definition) is 4. The molecule has 200 valence electrons. The number of aryl methyl sites for hydroxylation is 1. The molecule has 3 aromatic carbocycles. The summed E-state index contributed by atoms with van der Waals surface area (Å²) in [7, 11) is 0. The van der Waals surface area contributed by atoms with E-state index in [0.717, 1.165) is 27.1 Å². The molecule has 0 radical (unpaired) electrons. The summed E-state index contributed by atoms with van der Waals surface area (Å²) >= 11 is 2.72. The van der Waals surface area contributed by atoms with Crippen molar-refractivity contribution in [3.05, 3.63) is 113 Å². The number of amides is 3. The Hall–Kier alpha value is -4.67. The average Bonchev–Trinajstić information content (AvgIpc) is 3.57. The maximum Gasteiger partial charge on any atom is 0.272 e. The van der Waals surface area contributed by atoms with Crippen LogP contribution in [0.4, 0.5) is 10.8 Å². The first kappa shape index (κ1) is 26.9. The minimum atomic E-state index is -0.478. The van der Waals surface area contributed by atoms with Gasteiger partial charge in [0, 0.05) is 44.2 Å². The van der Waals surface area contributed by atoms with Crippen LogP contribution in [0, 0.1) is 6.92 Å². The van der Waals surface area contributed by atoms with Gasteiger partial charge in [-0.2, -0.15) is 0 Å². The van der Waals surface area contributed by atoms with E-state index in [1.165, 1.54) is 23.1 Å². The van der Waals surface area contributed by atoms with E-state index < -0.39 is 11.8 Å². The predicted octanol–water partition coefficient (Wildman–Crippen LogP) is 6.07. The fourth-order valence-electron chi connectivity index (χ4n) is 3.89. The molecule has 0 bridgehead atoms. The summed E-state index contributed by atoms with van der Waals surface area (Å²) < 4.78 is 0.